The lowest BCUT2D eigenvalue weighted by atomic mass is 10.0. The zero-order chi connectivity index (χ0) is 24.3. The van der Waals surface area contributed by atoms with Gasteiger partial charge < -0.3 is 4.98 Å². The maximum atomic E-state index is 13.1. The second-order valence-corrected chi connectivity index (χ2v) is 9.91. The van der Waals surface area contributed by atoms with Crippen molar-refractivity contribution in [2.45, 2.75) is 65.6 Å². The van der Waals surface area contributed by atoms with Crippen molar-refractivity contribution in [3.63, 3.8) is 0 Å². The van der Waals surface area contributed by atoms with Crippen molar-refractivity contribution in [1.82, 2.24) is 30.1 Å². The number of aromatic nitrogens is 5. The van der Waals surface area contributed by atoms with Crippen molar-refractivity contribution < 1.29 is 0 Å². The zero-order valence-corrected chi connectivity index (χ0v) is 20.7. The molecule has 7 nitrogen and oxygen atoms in total. The number of nitrogens with zero attached hydrogens (tertiary/aromatic N) is 5. The molecule has 34 heavy (non-hydrogen) atoms. The highest BCUT2D eigenvalue weighted by Crippen LogP contribution is 2.28. The predicted molar refractivity (Wildman–Crippen MR) is 136 cm³/mol. The summed E-state index contributed by atoms with van der Waals surface area (Å²) in [7, 11) is 0. The average molecular weight is 459 g/mol. The molecule has 1 atom stereocenters. The fourth-order valence-electron chi connectivity index (χ4n) is 4.51. The van der Waals surface area contributed by atoms with E-state index in [1.54, 1.807) is 0 Å². The molecule has 0 saturated heterocycles. The Morgan fingerprint density at radius 2 is 1.85 bits per heavy atom. The Balaban J connectivity index is 1.72. The van der Waals surface area contributed by atoms with E-state index in [0.717, 1.165) is 47.2 Å². The van der Waals surface area contributed by atoms with Gasteiger partial charge >= 0.3 is 0 Å². The Labute approximate surface area is 200 Å². The van der Waals surface area contributed by atoms with Crippen molar-refractivity contribution in [2.75, 3.05) is 6.54 Å². The maximum absolute atomic E-state index is 13.1. The van der Waals surface area contributed by atoms with E-state index in [-0.39, 0.29) is 17.1 Å². The fourth-order valence-corrected chi connectivity index (χ4v) is 4.51. The molecule has 0 bridgehead atoms. The van der Waals surface area contributed by atoms with Crippen LogP contribution in [0.2, 0.25) is 0 Å². The van der Waals surface area contributed by atoms with Crippen molar-refractivity contribution in [3.05, 3.63) is 87.5 Å². The minimum atomic E-state index is -0.241. The van der Waals surface area contributed by atoms with Crippen LogP contribution in [0.3, 0.4) is 0 Å². The summed E-state index contributed by atoms with van der Waals surface area (Å²) >= 11 is 0. The van der Waals surface area contributed by atoms with Crippen LogP contribution in [-0.2, 0) is 18.5 Å². The van der Waals surface area contributed by atoms with E-state index in [2.05, 4.69) is 77.4 Å². The van der Waals surface area contributed by atoms with Crippen LogP contribution in [0.4, 0.5) is 0 Å². The van der Waals surface area contributed by atoms with Crippen molar-refractivity contribution in [3.8, 4) is 0 Å². The highest BCUT2D eigenvalue weighted by atomic mass is 16.1. The van der Waals surface area contributed by atoms with Crippen molar-refractivity contribution in [1.29, 1.82) is 0 Å². The quantitative estimate of drug-likeness (QED) is 0.411. The number of tetrazole rings is 1. The van der Waals surface area contributed by atoms with Crippen molar-refractivity contribution in [2.24, 2.45) is 0 Å². The number of pyridine rings is 1. The van der Waals surface area contributed by atoms with Gasteiger partial charge in [0.05, 0.1) is 17.1 Å². The standard InChI is InChI=1S/C27H34N6O/c1-6-23(25-29-30-31-33(25)27(3,4)5)32(16-15-20-12-8-7-9-13-20)18-22-17-21-14-10-11-19(2)24(21)28-26(22)34/h7-14,17,23H,6,15-16,18H2,1-5H3,(H,28,34)/t23-/m0/s1. The third kappa shape index (κ3) is 5.09. The second-order valence-electron chi connectivity index (χ2n) is 9.91. The predicted octanol–water partition coefficient (Wildman–Crippen LogP) is 4.77. The molecule has 0 spiro atoms. The largest absolute Gasteiger partial charge is 0.321 e. The van der Waals surface area contributed by atoms with Gasteiger partial charge in [0.1, 0.15) is 0 Å². The third-order valence-electron chi connectivity index (χ3n) is 6.32. The summed E-state index contributed by atoms with van der Waals surface area (Å²) in [4.78, 5) is 18.5. The molecule has 0 radical (unpaired) electrons. The molecular weight excluding hydrogens is 424 g/mol. The summed E-state index contributed by atoms with van der Waals surface area (Å²) in [5, 5.41) is 13.8. The molecule has 0 fully saturated rings. The van der Waals surface area contributed by atoms with E-state index in [0.29, 0.717) is 6.54 Å². The minimum Gasteiger partial charge on any atom is -0.321 e. The molecule has 0 saturated carbocycles. The summed E-state index contributed by atoms with van der Waals surface area (Å²) in [5.41, 5.74) is 3.70. The highest BCUT2D eigenvalue weighted by molar-refractivity contribution is 5.81. The van der Waals surface area contributed by atoms with Crippen LogP contribution in [-0.4, -0.2) is 36.6 Å². The molecular formula is C27H34N6O. The van der Waals surface area contributed by atoms with E-state index in [1.807, 2.05) is 41.9 Å². The number of aromatic amines is 1. The van der Waals surface area contributed by atoms with Crippen molar-refractivity contribution >= 4 is 10.9 Å². The molecule has 4 rings (SSSR count). The van der Waals surface area contributed by atoms with Gasteiger partial charge in [-0.1, -0.05) is 55.5 Å². The normalized spacial score (nSPS) is 13.0. The van der Waals surface area contributed by atoms with E-state index in [4.69, 9.17) is 0 Å². The first-order chi connectivity index (χ1) is 16.3. The van der Waals surface area contributed by atoms with Crippen LogP contribution >= 0.6 is 0 Å². The smallest absolute Gasteiger partial charge is 0.252 e. The molecule has 0 amide bonds. The lowest BCUT2D eigenvalue weighted by molar-refractivity contribution is 0.163. The number of hydrogen-bond acceptors (Lipinski definition) is 5. The first-order valence-electron chi connectivity index (χ1n) is 12.0. The van der Waals surface area contributed by atoms with Crippen LogP contribution in [0, 0.1) is 6.92 Å². The summed E-state index contributed by atoms with van der Waals surface area (Å²) in [6.45, 7) is 11.8. The Morgan fingerprint density at radius 3 is 2.56 bits per heavy atom. The Morgan fingerprint density at radius 1 is 1.09 bits per heavy atom. The first-order valence-corrected chi connectivity index (χ1v) is 12.0. The molecule has 0 aliphatic carbocycles. The van der Waals surface area contributed by atoms with E-state index < -0.39 is 0 Å². The van der Waals surface area contributed by atoms with Gasteiger partial charge in [-0.15, -0.1) is 5.10 Å². The zero-order valence-electron chi connectivity index (χ0n) is 20.7. The summed E-state index contributed by atoms with van der Waals surface area (Å²) in [6, 6.07) is 18.5. The Kier molecular flexibility index (Phi) is 6.93. The molecule has 4 aromatic rings. The first kappa shape index (κ1) is 23.8. The van der Waals surface area contributed by atoms with Crippen LogP contribution < -0.4 is 5.56 Å². The average Bonchev–Trinajstić information content (AvgIpc) is 3.30. The lowest BCUT2D eigenvalue weighted by Crippen LogP contribution is -2.36. The monoisotopic (exact) mass is 458 g/mol. The van der Waals surface area contributed by atoms with Gasteiger partial charge in [0.15, 0.2) is 5.82 Å². The number of fused-ring (bicyclic) bond motifs is 1. The number of aryl methyl sites for hydroxylation is 1. The van der Waals surface area contributed by atoms with E-state index in [1.165, 1.54) is 5.56 Å². The molecule has 178 valence electrons. The van der Waals surface area contributed by atoms with Gasteiger partial charge in [-0.2, -0.15) is 0 Å². The number of nitrogens with one attached hydrogen (secondary N) is 1. The molecule has 2 aromatic carbocycles. The van der Waals surface area contributed by atoms with Gasteiger partial charge in [-0.25, -0.2) is 4.68 Å². The molecule has 0 unspecified atom stereocenters. The third-order valence-corrected chi connectivity index (χ3v) is 6.32. The number of H-pyrrole nitrogens is 1. The molecule has 0 aliphatic rings. The Bertz CT molecular complexity index is 1300. The second kappa shape index (κ2) is 9.89. The minimum absolute atomic E-state index is 0.0226. The molecule has 1 N–H and O–H groups in total. The number of hydrogen-bond donors (Lipinski definition) is 1. The van der Waals surface area contributed by atoms with Gasteiger partial charge in [0, 0.05) is 18.7 Å². The van der Waals surface area contributed by atoms with Gasteiger partial charge in [-0.05, 0) is 73.5 Å². The van der Waals surface area contributed by atoms with Gasteiger partial charge in [0.2, 0.25) is 0 Å². The number of benzene rings is 2. The topological polar surface area (TPSA) is 79.7 Å². The maximum Gasteiger partial charge on any atom is 0.252 e. The van der Waals surface area contributed by atoms with E-state index in [9.17, 15) is 4.79 Å². The van der Waals surface area contributed by atoms with Gasteiger partial charge in [-0.3, -0.25) is 9.69 Å². The summed E-state index contributed by atoms with van der Waals surface area (Å²) < 4.78 is 1.91. The van der Waals surface area contributed by atoms with Crippen LogP contribution in [0.1, 0.15) is 62.7 Å². The van der Waals surface area contributed by atoms with Crippen LogP contribution in [0.5, 0.6) is 0 Å². The highest BCUT2D eigenvalue weighted by Gasteiger charge is 2.29. The lowest BCUT2D eigenvalue weighted by Gasteiger charge is -2.32. The van der Waals surface area contributed by atoms with E-state index >= 15 is 0 Å². The SMILES string of the molecule is CC[C@@H](c1nnnn1C(C)(C)C)N(CCc1ccccc1)Cc1cc2cccc(C)c2[nH]c1=O. The molecule has 7 heteroatoms. The molecule has 0 aliphatic heterocycles. The summed E-state index contributed by atoms with van der Waals surface area (Å²) in [5.74, 6) is 0.830. The van der Waals surface area contributed by atoms with Crippen LogP contribution in [0.15, 0.2) is 59.4 Å². The Hall–Kier alpha value is -3.32. The number of para-hydroxylation sites is 1. The van der Waals surface area contributed by atoms with Gasteiger partial charge in [0.25, 0.3) is 5.56 Å². The molecule has 2 heterocycles. The van der Waals surface area contributed by atoms with Crippen LogP contribution in [0.25, 0.3) is 10.9 Å². The molecule has 2 aromatic heterocycles. The summed E-state index contributed by atoms with van der Waals surface area (Å²) in [6.07, 6.45) is 1.70. The fraction of sp³-hybridized carbons (Fsp3) is 0.407. The number of rotatable bonds is 8.